The Bertz CT molecular complexity index is 624. The van der Waals surface area contributed by atoms with Crippen LogP contribution in [0.5, 0.6) is 0 Å². The summed E-state index contributed by atoms with van der Waals surface area (Å²) in [5.41, 5.74) is 0. The summed E-state index contributed by atoms with van der Waals surface area (Å²) in [4.78, 5) is 20.7. The molecule has 0 spiro atoms. The molecule has 1 N–H and O–H groups in total. The minimum atomic E-state index is -2.82. The molecular weight excluding hydrogens is 368 g/mol. The number of aliphatic carboxylic acids is 1. The Labute approximate surface area is 150 Å². The minimum Gasteiger partial charge on any atom is -0.481 e. The lowest BCUT2D eigenvalue weighted by Crippen LogP contribution is -2.25. The SMILES string of the molecule is CC(CC1CCS(=O)(=O)CC1)C(=O)O.O=CCC1CCS(=O)(=O)CC1. The van der Waals surface area contributed by atoms with Crippen molar-refractivity contribution in [1.82, 2.24) is 0 Å². The highest BCUT2D eigenvalue weighted by Crippen LogP contribution is 2.25. The largest absolute Gasteiger partial charge is 0.481 e. The van der Waals surface area contributed by atoms with Gasteiger partial charge in [-0.1, -0.05) is 6.92 Å². The first-order valence-electron chi connectivity index (χ1n) is 8.62. The molecule has 0 aromatic heterocycles. The molecule has 1 unspecified atom stereocenters. The van der Waals surface area contributed by atoms with Crippen LogP contribution in [0.1, 0.15) is 45.4 Å². The first-order valence-corrected chi connectivity index (χ1v) is 12.3. The fourth-order valence-electron chi connectivity index (χ4n) is 3.09. The zero-order valence-corrected chi connectivity index (χ0v) is 16.2. The van der Waals surface area contributed by atoms with E-state index in [9.17, 15) is 26.4 Å². The molecule has 2 rings (SSSR count). The quantitative estimate of drug-likeness (QED) is 0.695. The van der Waals surface area contributed by atoms with Crippen molar-refractivity contribution < 1.29 is 31.5 Å². The molecule has 2 aliphatic rings. The molecule has 146 valence electrons. The molecule has 2 heterocycles. The third-order valence-electron chi connectivity index (χ3n) is 4.89. The van der Waals surface area contributed by atoms with E-state index in [4.69, 9.17) is 5.11 Å². The maximum absolute atomic E-state index is 11.1. The average Bonchev–Trinajstić information content (AvgIpc) is 2.52. The lowest BCUT2D eigenvalue weighted by Gasteiger charge is -2.23. The smallest absolute Gasteiger partial charge is 0.306 e. The second kappa shape index (κ2) is 9.66. The normalized spacial score (nSPS) is 24.5. The van der Waals surface area contributed by atoms with E-state index in [-0.39, 0.29) is 34.8 Å². The summed E-state index contributed by atoms with van der Waals surface area (Å²) in [7, 11) is -5.57. The van der Waals surface area contributed by atoms with Gasteiger partial charge in [0, 0.05) is 6.42 Å². The summed E-state index contributed by atoms with van der Waals surface area (Å²) in [6.07, 6.45) is 4.59. The van der Waals surface area contributed by atoms with Gasteiger partial charge >= 0.3 is 5.97 Å². The van der Waals surface area contributed by atoms with Crippen molar-refractivity contribution in [1.29, 1.82) is 0 Å². The van der Waals surface area contributed by atoms with Crippen molar-refractivity contribution in [2.24, 2.45) is 17.8 Å². The van der Waals surface area contributed by atoms with Gasteiger partial charge in [-0.15, -0.1) is 0 Å². The number of carboxylic acids is 1. The third kappa shape index (κ3) is 8.80. The van der Waals surface area contributed by atoms with Gasteiger partial charge in [0.2, 0.25) is 0 Å². The highest BCUT2D eigenvalue weighted by Gasteiger charge is 2.26. The summed E-state index contributed by atoms with van der Waals surface area (Å²) < 4.78 is 44.0. The van der Waals surface area contributed by atoms with Crippen LogP contribution in [0.3, 0.4) is 0 Å². The maximum atomic E-state index is 11.1. The van der Waals surface area contributed by atoms with Crippen molar-refractivity contribution in [3.05, 3.63) is 0 Å². The molecule has 7 nitrogen and oxygen atoms in total. The Kier molecular flexibility index (Phi) is 8.53. The molecule has 2 saturated heterocycles. The predicted molar refractivity (Wildman–Crippen MR) is 94.9 cm³/mol. The van der Waals surface area contributed by atoms with E-state index in [1.54, 1.807) is 6.92 Å². The van der Waals surface area contributed by atoms with Crippen molar-refractivity contribution in [2.45, 2.75) is 45.4 Å². The van der Waals surface area contributed by atoms with Gasteiger partial charge in [0.05, 0.1) is 28.9 Å². The fourth-order valence-corrected chi connectivity index (χ4v) is 6.26. The summed E-state index contributed by atoms with van der Waals surface area (Å²) >= 11 is 0. The Morgan fingerprint density at radius 2 is 1.36 bits per heavy atom. The van der Waals surface area contributed by atoms with Gasteiger partial charge in [0.1, 0.15) is 26.0 Å². The first kappa shape index (κ1) is 22.1. The Morgan fingerprint density at radius 1 is 0.960 bits per heavy atom. The molecule has 0 aromatic rings. The topological polar surface area (TPSA) is 123 Å². The van der Waals surface area contributed by atoms with E-state index in [1.165, 1.54) is 0 Å². The molecule has 9 heteroatoms. The molecule has 0 saturated carbocycles. The lowest BCUT2D eigenvalue weighted by molar-refractivity contribution is -0.141. The van der Waals surface area contributed by atoms with E-state index in [0.717, 1.165) is 6.29 Å². The van der Waals surface area contributed by atoms with Crippen LogP contribution in [0.15, 0.2) is 0 Å². The summed E-state index contributed by atoms with van der Waals surface area (Å²) in [6, 6.07) is 0. The number of carbonyl (C=O) groups excluding carboxylic acids is 1. The van der Waals surface area contributed by atoms with Crippen LogP contribution < -0.4 is 0 Å². The van der Waals surface area contributed by atoms with Gasteiger partial charge in [-0.2, -0.15) is 0 Å². The molecule has 25 heavy (non-hydrogen) atoms. The second-order valence-electron chi connectivity index (χ2n) is 7.07. The maximum Gasteiger partial charge on any atom is 0.306 e. The van der Waals surface area contributed by atoms with Gasteiger partial charge in [0.15, 0.2) is 0 Å². The zero-order valence-electron chi connectivity index (χ0n) is 14.6. The lowest BCUT2D eigenvalue weighted by atomic mass is 9.91. The van der Waals surface area contributed by atoms with Crippen LogP contribution >= 0.6 is 0 Å². The minimum absolute atomic E-state index is 0.226. The number of aldehydes is 1. The van der Waals surface area contributed by atoms with Crippen LogP contribution in [0.4, 0.5) is 0 Å². The molecule has 0 amide bonds. The van der Waals surface area contributed by atoms with Gasteiger partial charge < -0.3 is 9.90 Å². The summed E-state index contributed by atoms with van der Waals surface area (Å²) in [5, 5.41) is 8.70. The highest BCUT2D eigenvalue weighted by molar-refractivity contribution is 7.91. The number of rotatable bonds is 5. The van der Waals surface area contributed by atoms with Gasteiger partial charge in [-0.25, -0.2) is 16.8 Å². The average molecular weight is 397 g/mol. The van der Waals surface area contributed by atoms with E-state index in [0.29, 0.717) is 44.4 Å². The Hall–Kier alpha value is -0.960. The Balaban J connectivity index is 0.000000257. The van der Waals surface area contributed by atoms with Crippen molar-refractivity contribution in [3.63, 3.8) is 0 Å². The summed E-state index contributed by atoms with van der Waals surface area (Å²) in [5.74, 6) is 0.422. The van der Waals surface area contributed by atoms with E-state index in [1.807, 2.05) is 0 Å². The molecule has 2 aliphatic heterocycles. The fraction of sp³-hybridized carbons (Fsp3) is 0.875. The van der Waals surface area contributed by atoms with Crippen LogP contribution in [-0.2, 0) is 29.3 Å². The second-order valence-corrected chi connectivity index (χ2v) is 11.7. The number of sulfone groups is 2. The van der Waals surface area contributed by atoms with E-state index in [2.05, 4.69) is 0 Å². The number of carboxylic acid groups (broad SMARTS) is 1. The Morgan fingerprint density at radius 3 is 1.72 bits per heavy atom. The number of carbonyl (C=O) groups is 2. The summed E-state index contributed by atoms with van der Waals surface area (Å²) in [6.45, 7) is 1.67. The molecule has 0 radical (unpaired) electrons. The van der Waals surface area contributed by atoms with Crippen molar-refractivity contribution in [2.75, 3.05) is 23.0 Å². The molecule has 1 atom stereocenters. The van der Waals surface area contributed by atoms with E-state index >= 15 is 0 Å². The monoisotopic (exact) mass is 396 g/mol. The number of hydrogen-bond donors (Lipinski definition) is 1. The molecule has 2 fully saturated rings. The van der Waals surface area contributed by atoms with Crippen LogP contribution in [-0.4, -0.2) is 57.2 Å². The molecule has 0 bridgehead atoms. The van der Waals surface area contributed by atoms with Crippen LogP contribution in [0.2, 0.25) is 0 Å². The standard InChI is InChI=1S/C9H16O4S.C7H12O3S/c1-7(9(10)11)6-8-2-4-14(12,13)5-3-8;8-4-1-7-2-5-11(9,10)6-3-7/h7-8H,2-6H2,1H3,(H,10,11);4,7H,1-3,5-6H2. The van der Waals surface area contributed by atoms with E-state index < -0.39 is 25.6 Å². The van der Waals surface area contributed by atoms with Crippen molar-refractivity contribution in [3.8, 4) is 0 Å². The highest BCUT2D eigenvalue weighted by atomic mass is 32.2. The molecule has 0 aliphatic carbocycles. The number of hydrogen-bond acceptors (Lipinski definition) is 6. The molecular formula is C16H28O7S2. The van der Waals surface area contributed by atoms with Crippen LogP contribution in [0, 0.1) is 17.8 Å². The van der Waals surface area contributed by atoms with Gasteiger partial charge in [-0.05, 0) is 43.9 Å². The first-order chi connectivity index (χ1) is 11.5. The van der Waals surface area contributed by atoms with Gasteiger partial charge in [-0.3, -0.25) is 4.79 Å². The molecule has 0 aromatic carbocycles. The van der Waals surface area contributed by atoms with Crippen LogP contribution in [0.25, 0.3) is 0 Å². The van der Waals surface area contributed by atoms with Crippen molar-refractivity contribution >= 4 is 31.9 Å². The van der Waals surface area contributed by atoms with Gasteiger partial charge in [0.25, 0.3) is 0 Å². The zero-order chi connectivity index (χ0) is 19.1. The predicted octanol–water partition coefficient (Wildman–Crippen LogP) is 1.32. The third-order valence-corrected chi connectivity index (χ3v) is 8.32.